The average molecular weight is 661 g/mol. The van der Waals surface area contributed by atoms with Crippen molar-refractivity contribution in [3.05, 3.63) is 51.6 Å². The Hall–Kier alpha value is -2.16. The first kappa shape index (κ1) is 30.3. The van der Waals surface area contributed by atoms with E-state index in [1.54, 1.807) is 13.3 Å². The van der Waals surface area contributed by atoms with Crippen LogP contribution in [0.3, 0.4) is 0 Å². The SMILES string of the molecule is COc1cc(N2CCC(N3CCN(C)CC3)CC2)c(C)cc1Nc1ncc(Br)c(Nc2ccc(Cl)cc2P(C)C)n1. The number of ether oxygens (including phenoxy) is 1. The maximum absolute atomic E-state index is 6.28. The molecule has 11 heteroatoms. The third-order valence-corrected chi connectivity index (χ3v) is 10.2. The zero-order chi connectivity index (χ0) is 29.1. The van der Waals surface area contributed by atoms with Gasteiger partial charge in [0.2, 0.25) is 5.95 Å². The lowest BCUT2D eigenvalue weighted by Crippen LogP contribution is -2.52. The van der Waals surface area contributed by atoms with Crippen LogP contribution in [0.1, 0.15) is 18.4 Å². The first-order chi connectivity index (χ1) is 19.7. The second kappa shape index (κ2) is 13.4. The Kier molecular flexibility index (Phi) is 9.93. The predicted octanol–water partition coefficient (Wildman–Crippen LogP) is 6.28. The zero-order valence-corrected chi connectivity index (χ0v) is 27.8. The Morgan fingerprint density at radius 2 is 1.73 bits per heavy atom. The second-order valence-electron chi connectivity index (χ2n) is 11.1. The van der Waals surface area contributed by atoms with Crippen LogP contribution in [0.25, 0.3) is 0 Å². The van der Waals surface area contributed by atoms with Crippen molar-refractivity contribution in [2.75, 3.05) is 82.3 Å². The van der Waals surface area contributed by atoms with E-state index >= 15 is 0 Å². The number of benzene rings is 2. The lowest BCUT2D eigenvalue weighted by molar-refractivity contribution is 0.0982. The number of aromatic nitrogens is 2. The van der Waals surface area contributed by atoms with Crippen LogP contribution in [0.5, 0.6) is 5.75 Å². The van der Waals surface area contributed by atoms with Crippen molar-refractivity contribution >= 4 is 69.6 Å². The van der Waals surface area contributed by atoms with Crippen LogP contribution >= 0.6 is 35.5 Å². The van der Waals surface area contributed by atoms with Gasteiger partial charge in [-0.3, -0.25) is 4.90 Å². The Labute approximate surface area is 258 Å². The van der Waals surface area contributed by atoms with E-state index in [0.29, 0.717) is 17.8 Å². The molecular formula is C30H40BrClN7OP. The van der Waals surface area contributed by atoms with Crippen molar-refractivity contribution in [3.63, 3.8) is 0 Å². The smallest absolute Gasteiger partial charge is 0.229 e. The van der Waals surface area contributed by atoms with Crippen LogP contribution in [-0.4, -0.2) is 92.6 Å². The van der Waals surface area contributed by atoms with E-state index in [1.807, 2.05) is 18.2 Å². The predicted molar refractivity (Wildman–Crippen MR) is 178 cm³/mol. The number of anilines is 5. The summed E-state index contributed by atoms with van der Waals surface area (Å²) in [7, 11) is 3.57. The van der Waals surface area contributed by atoms with Gasteiger partial charge in [-0.25, -0.2) is 4.98 Å². The van der Waals surface area contributed by atoms with Crippen molar-refractivity contribution in [1.29, 1.82) is 0 Å². The molecule has 2 aromatic carbocycles. The first-order valence-corrected chi connectivity index (χ1v) is 17.5. The Bertz CT molecular complexity index is 1360. The topological polar surface area (TPSA) is 68.8 Å². The molecular weight excluding hydrogens is 621 g/mol. The average Bonchev–Trinajstić information content (AvgIpc) is 2.96. The molecule has 0 bridgehead atoms. The van der Waals surface area contributed by atoms with Crippen LogP contribution in [0.4, 0.5) is 28.8 Å². The minimum Gasteiger partial charge on any atom is -0.494 e. The van der Waals surface area contributed by atoms with Crippen molar-refractivity contribution in [1.82, 2.24) is 19.8 Å². The summed E-state index contributed by atoms with van der Waals surface area (Å²) in [6.45, 7) is 13.4. The summed E-state index contributed by atoms with van der Waals surface area (Å²) < 4.78 is 6.62. The molecule has 5 rings (SSSR count). The fourth-order valence-electron chi connectivity index (χ4n) is 5.69. The number of hydrogen-bond acceptors (Lipinski definition) is 8. The summed E-state index contributed by atoms with van der Waals surface area (Å²) in [6, 6.07) is 10.9. The van der Waals surface area contributed by atoms with Crippen molar-refractivity contribution < 1.29 is 4.74 Å². The quantitative estimate of drug-likeness (QED) is 0.274. The van der Waals surface area contributed by atoms with Crippen LogP contribution in [0.15, 0.2) is 41.0 Å². The third-order valence-electron chi connectivity index (χ3n) is 8.06. The molecule has 2 aliphatic heterocycles. The fourth-order valence-corrected chi connectivity index (χ4v) is 7.23. The standard InChI is InChI=1S/C30H40BrClN7OP/c1-20-16-25(27(40-3)18-26(20)39-10-8-22(9-11-39)38-14-12-37(2)13-15-38)35-30-33-19-23(31)29(36-30)34-24-7-6-21(32)17-28(24)41(4)5/h6-7,16-19,22H,8-15H2,1-5H3,(H2,33,34,35,36). The minimum absolute atomic E-state index is 0.359. The first-order valence-electron chi connectivity index (χ1n) is 14.1. The van der Waals surface area contributed by atoms with Gasteiger partial charge >= 0.3 is 0 Å². The Morgan fingerprint density at radius 3 is 2.41 bits per heavy atom. The molecule has 0 amide bonds. The van der Waals surface area contributed by atoms with Gasteiger partial charge in [-0.1, -0.05) is 19.5 Å². The molecule has 0 aliphatic carbocycles. The molecule has 0 unspecified atom stereocenters. The number of rotatable bonds is 8. The molecule has 8 nitrogen and oxygen atoms in total. The zero-order valence-electron chi connectivity index (χ0n) is 24.5. The molecule has 3 heterocycles. The molecule has 0 spiro atoms. The summed E-state index contributed by atoms with van der Waals surface area (Å²) in [4.78, 5) is 16.9. The Morgan fingerprint density at radius 1 is 1.00 bits per heavy atom. The van der Waals surface area contributed by atoms with Crippen LogP contribution in [0.2, 0.25) is 5.02 Å². The van der Waals surface area contributed by atoms with Gasteiger partial charge < -0.3 is 25.2 Å². The van der Waals surface area contributed by atoms with E-state index in [1.165, 1.54) is 55.6 Å². The number of piperazine rings is 1. The monoisotopic (exact) mass is 659 g/mol. The van der Waals surface area contributed by atoms with E-state index in [2.05, 4.69) is 85.7 Å². The summed E-state index contributed by atoms with van der Waals surface area (Å²) in [5, 5.41) is 8.79. The highest BCUT2D eigenvalue weighted by Crippen LogP contribution is 2.37. The molecule has 0 atom stereocenters. The van der Waals surface area contributed by atoms with E-state index in [9.17, 15) is 0 Å². The maximum Gasteiger partial charge on any atom is 0.229 e. The van der Waals surface area contributed by atoms with Crippen LogP contribution < -0.4 is 25.6 Å². The van der Waals surface area contributed by atoms with Gasteiger partial charge in [0.15, 0.2) is 0 Å². The summed E-state index contributed by atoms with van der Waals surface area (Å²) >= 11 is 9.88. The molecule has 2 N–H and O–H groups in total. The van der Waals surface area contributed by atoms with Crippen molar-refractivity contribution in [2.45, 2.75) is 25.8 Å². The summed E-state index contributed by atoms with van der Waals surface area (Å²) in [5.74, 6) is 1.94. The normalized spacial score (nSPS) is 17.2. The van der Waals surface area contributed by atoms with E-state index < -0.39 is 0 Å². The molecule has 3 aromatic rings. The van der Waals surface area contributed by atoms with E-state index in [-0.39, 0.29) is 7.92 Å². The van der Waals surface area contributed by atoms with Gasteiger partial charge in [-0.05, 0) is 85.9 Å². The van der Waals surface area contributed by atoms with Crippen molar-refractivity contribution in [3.8, 4) is 5.75 Å². The Balaban J connectivity index is 1.30. The summed E-state index contributed by atoms with van der Waals surface area (Å²) in [5.41, 5.74) is 4.26. The highest BCUT2D eigenvalue weighted by Gasteiger charge is 2.27. The third kappa shape index (κ3) is 7.26. The summed E-state index contributed by atoms with van der Waals surface area (Å²) in [6.07, 6.45) is 4.15. The molecule has 1 aromatic heterocycles. The largest absolute Gasteiger partial charge is 0.494 e. The van der Waals surface area contributed by atoms with E-state index in [4.69, 9.17) is 21.3 Å². The molecule has 41 heavy (non-hydrogen) atoms. The number of likely N-dealkylation sites (N-methyl/N-ethyl adjacent to an activating group) is 1. The fraction of sp³-hybridized carbons (Fsp3) is 0.467. The lowest BCUT2D eigenvalue weighted by Gasteiger charge is -2.43. The lowest BCUT2D eigenvalue weighted by atomic mass is 10.0. The van der Waals surface area contributed by atoms with E-state index in [0.717, 1.165) is 39.7 Å². The van der Waals surface area contributed by atoms with Gasteiger partial charge in [-0.15, -0.1) is 0 Å². The molecule has 0 saturated carbocycles. The number of nitrogens with one attached hydrogen (secondary N) is 2. The number of nitrogens with zero attached hydrogens (tertiary/aromatic N) is 5. The number of halogens is 2. The highest BCUT2D eigenvalue weighted by molar-refractivity contribution is 9.10. The molecule has 220 valence electrons. The van der Waals surface area contributed by atoms with Gasteiger partial charge in [-0.2, -0.15) is 4.98 Å². The molecule has 2 saturated heterocycles. The van der Waals surface area contributed by atoms with Crippen LogP contribution in [0, 0.1) is 6.92 Å². The number of methoxy groups -OCH3 is 1. The van der Waals surface area contributed by atoms with Gasteiger partial charge in [0.1, 0.15) is 11.6 Å². The minimum atomic E-state index is -0.359. The maximum atomic E-state index is 6.28. The molecule has 0 radical (unpaired) electrons. The van der Waals surface area contributed by atoms with Crippen molar-refractivity contribution in [2.24, 2.45) is 0 Å². The molecule has 2 aliphatic rings. The number of piperidine rings is 1. The second-order valence-corrected chi connectivity index (χ2v) is 14.7. The van der Waals surface area contributed by atoms with Gasteiger partial charge in [0, 0.05) is 79.3 Å². The molecule has 2 fully saturated rings. The van der Waals surface area contributed by atoms with Gasteiger partial charge in [0.25, 0.3) is 0 Å². The van der Waals surface area contributed by atoms with Crippen LogP contribution in [-0.2, 0) is 0 Å². The highest BCUT2D eigenvalue weighted by atomic mass is 79.9. The number of aryl methyl sites for hydroxylation is 1. The van der Waals surface area contributed by atoms with Gasteiger partial charge in [0.05, 0.1) is 17.3 Å². The number of hydrogen-bond donors (Lipinski definition) is 2.